The number of anilines is 9. The van der Waals surface area contributed by atoms with Crippen molar-refractivity contribution >= 4 is 74.8 Å². The van der Waals surface area contributed by atoms with Crippen LogP contribution in [0.5, 0.6) is 0 Å². The van der Waals surface area contributed by atoms with Crippen molar-refractivity contribution in [2.75, 3.05) is 32.3 Å². The van der Waals surface area contributed by atoms with Gasteiger partial charge in [-0.2, -0.15) is 20.2 Å². The number of benzene rings is 2. The maximum absolute atomic E-state index is 12.2. The third-order valence-electron chi connectivity index (χ3n) is 10.1. The predicted octanol–water partition coefficient (Wildman–Crippen LogP) is 6.00. The van der Waals surface area contributed by atoms with Crippen LogP contribution in [-0.2, 0) is 33.5 Å². The molecule has 2 aliphatic heterocycles. The van der Waals surface area contributed by atoms with Crippen LogP contribution in [0, 0.1) is 0 Å². The van der Waals surface area contributed by atoms with Gasteiger partial charge in [0, 0.05) is 42.5 Å². The molecule has 18 heteroatoms. The van der Waals surface area contributed by atoms with Gasteiger partial charge in [0.15, 0.2) is 11.5 Å². The highest BCUT2D eigenvalue weighted by atomic mass is 16.2. The molecule has 9 rings (SSSR count). The Labute approximate surface area is 327 Å². The monoisotopic (exact) mass is 766 g/mol. The molecule has 0 unspecified atom stereocenters. The molecular formula is C39H42N16O2. The molecule has 7 N–H and O–H groups in total. The highest BCUT2D eigenvalue weighted by Gasteiger charge is 2.39. The van der Waals surface area contributed by atoms with E-state index in [4.69, 9.17) is 5.73 Å². The molecule has 0 aliphatic carbocycles. The minimum absolute atomic E-state index is 0.00146. The van der Waals surface area contributed by atoms with Crippen molar-refractivity contribution in [2.24, 2.45) is 0 Å². The molecule has 290 valence electrons. The third kappa shape index (κ3) is 6.92. The number of hydrogen-bond donors (Lipinski definition) is 6. The van der Waals surface area contributed by atoms with Crippen LogP contribution in [0.2, 0.25) is 0 Å². The second-order valence-corrected chi connectivity index (χ2v) is 14.7. The lowest BCUT2D eigenvalue weighted by atomic mass is 9.86. The smallest absolute Gasteiger partial charge is 0.234 e. The van der Waals surface area contributed by atoms with Crippen LogP contribution in [0.25, 0.3) is 16.9 Å². The number of fused-ring (bicyclic) bond motifs is 3. The summed E-state index contributed by atoms with van der Waals surface area (Å²) in [6.07, 6.45) is 12.2. The van der Waals surface area contributed by atoms with Gasteiger partial charge in [0.2, 0.25) is 23.7 Å². The average Bonchev–Trinajstić information content (AvgIpc) is 4.02. The zero-order valence-corrected chi connectivity index (χ0v) is 32.3. The first-order valence-electron chi connectivity index (χ1n) is 18.4. The number of carbonyl (C=O) groups excluding carboxylic acids is 2. The molecular weight excluding hydrogens is 725 g/mol. The van der Waals surface area contributed by atoms with E-state index in [2.05, 4.69) is 61.7 Å². The van der Waals surface area contributed by atoms with Gasteiger partial charge in [-0.15, -0.1) is 0 Å². The van der Waals surface area contributed by atoms with E-state index in [0.29, 0.717) is 34.6 Å². The lowest BCUT2D eigenvalue weighted by molar-refractivity contribution is -0.120. The summed E-state index contributed by atoms with van der Waals surface area (Å²) in [6.45, 7) is 13.3. The van der Waals surface area contributed by atoms with Gasteiger partial charge in [-0.3, -0.25) is 23.5 Å². The van der Waals surface area contributed by atoms with Crippen LogP contribution in [0.1, 0.15) is 52.7 Å². The van der Waals surface area contributed by atoms with Crippen molar-refractivity contribution in [3.63, 3.8) is 0 Å². The Morgan fingerprint density at radius 3 is 1.88 bits per heavy atom. The van der Waals surface area contributed by atoms with Gasteiger partial charge in [0.1, 0.15) is 11.8 Å². The van der Waals surface area contributed by atoms with Crippen LogP contribution >= 0.6 is 0 Å². The fourth-order valence-electron chi connectivity index (χ4n) is 6.61. The predicted molar refractivity (Wildman–Crippen MR) is 219 cm³/mol. The zero-order chi connectivity index (χ0) is 40.1. The van der Waals surface area contributed by atoms with Crippen LogP contribution in [-0.4, -0.2) is 60.9 Å². The summed E-state index contributed by atoms with van der Waals surface area (Å²) in [4.78, 5) is 46.4. The molecule has 18 nitrogen and oxygen atoms in total. The standard InChI is InChI=1S/C20H20N8O.C19H22N8O/c1-4-27-10-12(8-23-27)24-19-21-9-16-17(26-19)28(11-22-16)13-5-6-14-15(7-13)25-18(29)20(14,2)3;1-4-27-10-12(8-22-27)24-18-21-9-14(20)16(26-18)23-11-5-6-13-15(7-11)25-17(28)19(13,2)3/h5-11H,4H2,1-3H3,(H,25,29)(H,21,24,26);5-10H,4,20H2,1-3H3,(H,25,28)(H2,21,23,24,26). The van der Waals surface area contributed by atoms with Crippen molar-refractivity contribution in [3.8, 4) is 5.69 Å². The maximum atomic E-state index is 12.2. The normalized spacial score (nSPS) is 14.6. The molecule has 57 heavy (non-hydrogen) atoms. The summed E-state index contributed by atoms with van der Waals surface area (Å²) in [7, 11) is 0. The van der Waals surface area contributed by atoms with Gasteiger partial charge < -0.3 is 32.3 Å². The molecule has 7 heterocycles. The summed E-state index contributed by atoms with van der Waals surface area (Å²) in [6, 6.07) is 11.6. The molecule has 0 saturated carbocycles. The fourth-order valence-corrected chi connectivity index (χ4v) is 6.61. The van der Waals surface area contributed by atoms with Gasteiger partial charge in [0.25, 0.3) is 0 Å². The number of nitrogen functional groups attached to an aromatic ring is 1. The summed E-state index contributed by atoms with van der Waals surface area (Å²) in [5.74, 6) is 1.33. The Bertz CT molecular complexity index is 2670. The van der Waals surface area contributed by atoms with E-state index in [0.717, 1.165) is 58.3 Å². The third-order valence-corrected chi connectivity index (χ3v) is 10.1. The number of nitrogens with one attached hydrogen (secondary N) is 5. The van der Waals surface area contributed by atoms with Crippen molar-refractivity contribution in [3.05, 3.63) is 91.0 Å². The summed E-state index contributed by atoms with van der Waals surface area (Å²) in [5.41, 5.74) is 13.5. The summed E-state index contributed by atoms with van der Waals surface area (Å²) < 4.78 is 5.51. The highest BCUT2D eigenvalue weighted by molar-refractivity contribution is 6.06. The summed E-state index contributed by atoms with van der Waals surface area (Å²) in [5, 5.41) is 23.8. The number of amides is 2. The molecule has 7 aromatic rings. The zero-order valence-electron chi connectivity index (χ0n) is 32.3. The molecule has 0 fully saturated rings. The lowest BCUT2D eigenvalue weighted by Crippen LogP contribution is -2.26. The SMILES string of the molecule is CCn1cc(Nc2ncc(N)c(Nc3ccc4c(c3)NC(=O)C4(C)C)n2)cn1.CCn1cc(Nc2ncc3ncn(-c4ccc5c(c4)NC(=O)C5(C)C)c3n2)cn1. The first-order chi connectivity index (χ1) is 27.3. The fraction of sp³-hybridized carbons (Fsp3) is 0.256. The maximum Gasteiger partial charge on any atom is 0.234 e. The Kier molecular flexibility index (Phi) is 9.02. The molecule has 0 saturated heterocycles. The van der Waals surface area contributed by atoms with Gasteiger partial charge in [-0.05, 0) is 76.9 Å². The van der Waals surface area contributed by atoms with Crippen LogP contribution in [0.3, 0.4) is 0 Å². The summed E-state index contributed by atoms with van der Waals surface area (Å²) >= 11 is 0. The van der Waals surface area contributed by atoms with E-state index < -0.39 is 10.8 Å². The number of aromatic nitrogens is 10. The second-order valence-electron chi connectivity index (χ2n) is 14.7. The van der Waals surface area contributed by atoms with E-state index in [1.807, 2.05) is 99.6 Å². The van der Waals surface area contributed by atoms with Gasteiger partial charge in [0.05, 0.1) is 58.4 Å². The number of hydrogen-bond acceptors (Lipinski definition) is 13. The van der Waals surface area contributed by atoms with Crippen LogP contribution in [0.4, 0.5) is 51.8 Å². The van der Waals surface area contributed by atoms with Crippen LogP contribution < -0.4 is 32.3 Å². The average molecular weight is 767 g/mol. The van der Waals surface area contributed by atoms with Crippen molar-refractivity contribution < 1.29 is 9.59 Å². The second kappa shape index (κ2) is 14.0. The van der Waals surface area contributed by atoms with E-state index in [1.165, 1.54) is 0 Å². The quantitative estimate of drug-likeness (QED) is 0.0993. The minimum atomic E-state index is -0.540. The Morgan fingerprint density at radius 1 is 0.684 bits per heavy atom. The Balaban J connectivity index is 0.000000160. The number of imidazole rings is 1. The van der Waals surface area contributed by atoms with Gasteiger partial charge in [-0.1, -0.05) is 12.1 Å². The lowest BCUT2D eigenvalue weighted by Gasteiger charge is -2.15. The highest BCUT2D eigenvalue weighted by Crippen LogP contribution is 2.40. The molecule has 0 atom stereocenters. The number of nitrogens with zero attached hydrogens (tertiary/aromatic N) is 10. The molecule has 0 spiro atoms. The Hall–Kier alpha value is -7.37. The van der Waals surface area contributed by atoms with E-state index in [9.17, 15) is 9.59 Å². The molecule has 0 radical (unpaired) electrons. The van der Waals surface area contributed by atoms with Crippen molar-refractivity contribution in [2.45, 2.75) is 65.5 Å². The first-order valence-corrected chi connectivity index (χ1v) is 18.4. The molecule has 2 amide bonds. The van der Waals surface area contributed by atoms with Gasteiger partial charge >= 0.3 is 0 Å². The van der Waals surface area contributed by atoms with E-state index in [-0.39, 0.29) is 11.8 Å². The molecule has 5 aromatic heterocycles. The van der Waals surface area contributed by atoms with Crippen molar-refractivity contribution in [1.82, 2.24) is 49.0 Å². The van der Waals surface area contributed by atoms with E-state index >= 15 is 0 Å². The van der Waals surface area contributed by atoms with Crippen LogP contribution in [0.15, 0.2) is 79.9 Å². The largest absolute Gasteiger partial charge is 0.394 e. The number of aryl methyl sites for hydroxylation is 2. The van der Waals surface area contributed by atoms with E-state index in [1.54, 1.807) is 35.8 Å². The number of rotatable bonds is 9. The molecule has 0 bridgehead atoms. The molecule has 2 aliphatic rings. The number of nitrogens with two attached hydrogens (primary N) is 1. The topological polar surface area (TPSA) is 225 Å². The molecule has 2 aromatic carbocycles. The minimum Gasteiger partial charge on any atom is -0.394 e. The van der Waals surface area contributed by atoms with Gasteiger partial charge in [-0.25, -0.2) is 15.0 Å². The Morgan fingerprint density at radius 2 is 1.26 bits per heavy atom. The van der Waals surface area contributed by atoms with Crippen molar-refractivity contribution in [1.29, 1.82) is 0 Å². The number of carbonyl (C=O) groups is 2. The first kappa shape index (κ1) is 36.6.